The Morgan fingerprint density at radius 3 is 2.67 bits per heavy atom. The molecule has 0 spiro atoms. The number of carboxylic acids is 1. The first-order valence-corrected chi connectivity index (χ1v) is 6.44. The van der Waals surface area contributed by atoms with Crippen molar-refractivity contribution in [1.82, 2.24) is 9.97 Å². The highest BCUT2D eigenvalue weighted by molar-refractivity contribution is 5.85. The normalized spacial score (nSPS) is 16.9. The van der Waals surface area contributed by atoms with E-state index in [1.54, 1.807) is 6.92 Å². The van der Waals surface area contributed by atoms with E-state index >= 15 is 0 Å². The zero-order valence-electron chi connectivity index (χ0n) is 10.9. The molecule has 1 aromatic rings. The molecule has 1 aromatic heterocycles. The molecular weight excluding hydrogens is 230 g/mol. The van der Waals surface area contributed by atoms with Crippen molar-refractivity contribution in [2.45, 2.75) is 33.1 Å². The summed E-state index contributed by atoms with van der Waals surface area (Å²) < 4.78 is 0. The average Bonchev–Trinajstić information content (AvgIpc) is 2.38. The first kappa shape index (κ1) is 12.8. The Bertz CT molecular complexity index is 440. The quantitative estimate of drug-likeness (QED) is 0.888. The van der Waals surface area contributed by atoms with E-state index in [-0.39, 0.29) is 5.69 Å². The average molecular weight is 249 g/mol. The lowest BCUT2D eigenvalue weighted by atomic mass is 9.95. The molecule has 18 heavy (non-hydrogen) atoms. The van der Waals surface area contributed by atoms with Crippen LogP contribution < -0.4 is 4.90 Å². The van der Waals surface area contributed by atoms with Crippen LogP contribution in [0.3, 0.4) is 0 Å². The Morgan fingerprint density at radius 2 is 2.11 bits per heavy atom. The topological polar surface area (TPSA) is 66.3 Å². The van der Waals surface area contributed by atoms with Gasteiger partial charge in [-0.15, -0.1) is 0 Å². The third-order valence-corrected chi connectivity index (χ3v) is 3.54. The van der Waals surface area contributed by atoms with Gasteiger partial charge in [0, 0.05) is 18.8 Å². The van der Waals surface area contributed by atoms with Crippen LogP contribution >= 0.6 is 0 Å². The molecule has 1 aliphatic heterocycles. The summed E-state index contributed by atoms with van der Waals surface area (Å²) in [5.41, 5.74) is 0.783. The molecule has 0 aliphatic carbocycles. The fourth-order valence-electron chi connectivity index (χ4n) is 2.35. The number of nitrogens with zero attached hydrogens (tertiary/aromatic N) is 3. The van der Waals surface area contributed by atoms with Crippen LogP contribution in [0.15, 0.2) is 6.07 Å². The molecule has 0 radical (unpaired) electrons. The van der Waals surface area contributed by atoms with Crippen molar-refractivity contribution >= 4 is 11.9 Å². The fraction of sp³-hybridized carbons (Fsp3) is 0.615. The second-order valence-corrected chi connectivity index (χ2v) is 4.84. The van der Waals surface area contributed by atoms with E-state index in [4.69, 9.17) is 5.11 Å². The van der Waals surface area contributed by atoms with Gasteiger partial charge in [-0.05, 0) is 31.7 Å². The zero-order chi connectivity index (χ0) is 13.1. The van der Waals surface area contributed by atoms with Gasteiger partial charge in [0.25, 0.3) is 0 Å². The van der Waals surface area contributed by atoms with Crippen molar-refractivity contribution in [3.8, 4) is 0 Å². The number of aromatic carboxylic acids is 1. The van der Waals surface area contributed by atoms with Gasteiger partial charge in [-0.25, -0.2) is 14.8 Å². The second-order valence-electron chi connectivity index (χ2n) is 4.84. The minimum Gasteiger partial charge on any atom is -0.477 e. The smallest absolute Gasteiger partial charge is 0.354 e. The van der Waals surface area contributed by atoms with Crippen LogP contribution in [0.4, 0.5) is 5.95 Å². The van der Waals surface area contributed by atoms with E-state index in [0.29, 0.717) is 11.6 Å². The van der Waals surface area contributed by atoms with Crippen LogP contribution in [0, 0.1) is 12.8 Å². The van der Waals surface area contributed by atoms with Gasteiger partial charge in [-0.3, -0.25) is 0 Å². The first-order chi connectivity index (χ1) is 8.60. The maximum Gasteiger partial charge on any atom is 0.354 e. The Balaban J connectivity index is 2.16. The van der Waals surface area contributed by atoms with Gasteiger partial charge in [-0.2, -0.15) is 0 Å². The molecule has 5 nitrogen and oxygen atoms in total. The Labute approximate surface area is 107 Å². The second kappa shape index (κ2) is 5.33. The van der Waals surface area contributed by atoms with E-state index < -0.39 is 5.97 Å². The molecule has 1 saturated heterocycles. The Morgan fingerprint density at radius 1 is 1.44 bits per heavy atom. The predicted octanol–water partition coefficient (Wildman–Crippen LogP) is 2.11. The molecule has 98 valence electrons. The molecule has 1 N–H and O–H groups in total. The molecule has 0 aromatic carbocycles. The van der Waals surface area contributed by atoms with E-state index in [1.165, 1.54) is 12.5 Å². The summed E-state index contributed by atoms with van der Waals surface area (Å²) in [6.45, 7) is 5.85. The molecule has 2 rings (SSSR count). The molecule has 1 fully saturated rings. The minimum absolute atomic E-state index is 0.0788. The largest absolute Gasteiger partial charge is 0.477 e. The number of rotatable bonds is 3. The van der Waals surface area contributed by atoms with Crippen LogP contribution in [0.5, 0.6) is 0 Å². The standard InChI is InChI=1S/C13H19N3O2/c1-3-10-4-6-16(7-5-10)13-14-9(2)8-11(15-13)12(17)18/h8,10H,3-7H2,1-2H3,(H,17,18). The first-order valence-electron chi connectivity index (χ1n) is 6.44. The van der Waals surface area contributed by atoms with Gasteiger partial charge < -0.3 is 10.0 Å². The number of piperidine rings is 1. The summed E-state index contributed by atoms with van der Waals surface area (Å²) >= 11 is 0. The summed E-state index contributed by atoms with van der Waals surface area (Å²) in [6, 6.07) is 1.50. The van der Waals surface area contributed by atoms with E-state index in [9.17, 15) is 4.79 Å². The zero-order valence-corrected chi connectivity index (χ0v) is 10.9. The number of hydrogen-bond donors (Lipinski definition) is 1. The van der Waals surface area contributed by atoms with Gasteiger partial charge in [0.1, 0.15) is 0 Å². The molecule has 0 amide bonds. The van der Waals surface area contributed by atoms with Crippen molar-refractivity contribution in [3.63, 3.8) is 0 Å². The minimum atomic E-state index is -0.995. The van der Waals surface area contributed by atoms with Crippen LogP contribution in [0.2, 0.25) is 0 Å². The van der Waals surface area contributed by atoms with Crippen molar-refractivity contribution in [3.05, 3.63) is 17.5 Å². The number of carbonyl (C=O) groups is 1. The lowest BCUT2D eigenvalue weighted by molar-refractivity contribution is 0.0690. The molecule has 0 saturated carbocycles. The number of carboxylic acid groups (broad SMARTS) is 1. The fourth-order valence-corrected chi connectivity index (χ4v) is 2.35. The molecule has 2 heterocycles. The lowest BCUT2D eigenvalue weighted by Gasteiger charge is -2.31. The highest BCUT2D eigenvalue weighted by Gasteiger charge is 2.21. The van der Waals surface area contributed by atoms with E-state index in [0.717, 1.165) is 31.8 Å². The van der Waals surface area contributed by atoms with Crippen LogP contribution in [0.25, 0.3) is 0 Å². The summed E-state index contributed by atoms with van der Waals surface area (Å²) in [4.78, 5) is 21.5. The number of aromatic nitrogens is 2. The summed E-state index contributed by atoms with van der Waals surface area (Å²) in [7, 11) is 0. The maximum atomic E-state index is 11.0. The van der Waals surface area contributed by atoms with Gasteiger partial charge in [0.2, 0.25) is 5.95 Å². The third kappa shape index (κ3) is 2.78. The molecule has 5 heteroatoms. The summed E-state index contributed by atoms with van der Waals surface area (Å²) in [5.74, 6) is 0.345. The van der Waals surface area contributed by atoms with Gasteiger partial charge in [0.15, 0.2) is 5.69 Å². The van der Waals surface area contributed by atoms with Crippen molar-refractivity contribution in [2.75, 3.05) is 18.0 Å². The summed E-state index contributed by atoms with van der Waals surface area (Å²) in [6.07, 6.45) is 3.48. The van der Waals surface area contributed by atoms with Crippen LogP contribution in [-0.2, 0) is 0 Å². The molecule has 1 aliphatic rings. The van der Waals surface area contributed by atoms with Crippen LogP contribution in [0.1, 0.15) is 42.4 Å². The van der Waals surface area contributed by atoms with E-state index in [2.05, 4.69) is 21.8 Å². The summed E-state index contributed by atoms with van der Waals surface area (Å²) in [5, 5.41) is 9.00. The maximum absolute atomic E-state index is 11.0. The highest BCUT2D eigenvalue weighted by atomic mass is 16.4. The van der Waals surface area contributed by atoms with E-state index in [1.807, 2.05) is 0 Å². The van der Waals surface area contributed by atoms with Crippen molar-refractivity contribution in [2.24, 2.45) is 5.92 Å². The molecule has 0 bridgehead atoms. The lowest BCUT2D eigenvalue weighted by Crippen LogP contribution is -2.35. The van der Waals surface area contributed by atoms with Crippen molar-refractivity contribution < 1.29 is 9.90 Å². The number of aryl methyl sites for hydroxylation is 1. The molecular formula is C13H19N3O2. The predicted molar refractivity (Wildman–Crippen MR) is 69.0 cm³/mol. The SMILES string of the molecule is CCC1CCN(c2nc(C)cc(C(=O)O)n2)CC1. The molecule has 0 unspecified atom stereocenters. The Kier molecular flexibility index (Phi) is 3.79. The highest BCUT2D eigenvalue weighted by Crippen LogP contribution is 2.23. The van der Waals surface area contributed by atoms with Gasteiger partial charge >= 0.3 is 5.97 Å². The third-order valence-electron chi connectivity index (χ3n) is 3.54. The Hall–Kier alpha value is -1.65. The van der Waals surface area contributed by atoms with Gasteiger partial charge in [-0.1, -0.05) is 13.3 Å². The van der Waals surface area contributed by atoms with Crippen LogP contribution in [-0.4, -0.2) is 34.1 Å². The van der Waals surface area contributed by atoms with Crippen molar-refractivity contribution in [1.29, 1.82) is 0 Å². The monoisotopic (exact) mass is 249 g/mol. The van der Waals surface area contributed by atoms with Gasteiger partial charge in [0.05, 0.1) is 0 Å². The molecule has 0 atom stereocenters. The number of anilines is 1. The number of hydrogen-bond acceptors (Lipinski definition) is 4.